The number of nitrogens with one attached hydrogen (secondary N) is 2. The van der Waals surface area contributed by atoms with Gasteiger partial charge < -0.3 is 55.2 Å². The highest BCUT2D eigenvalue weighted by Crippen LogP contribution is 2.41. The van der Waals surface area contributed by atoms with Crippen LogP contribution in [0, 0.1) is 11.8 Å². The molecule has 2 aromatic heterocycles. The molecule has 10 N–H and O–H groups in total. The van der Waals surface area contributed by atoms with Gasteiger partial charge in [0.1, 0.15) is 29.4 Å². The maximum atomic E-state index is 13.5. The zero-order chi connectivity index (χ0) is 36.5. The molecule has 1 amide bonds. The van der Waals surface area contributed by atoms with Gasteiger partial charge in [-0.2, -0.15) is 0 Å². The second-order valence-corrected chi connectivity index (χ2v) is 12.5. The van der Waals surface area contributed by atoms with Crippen molar-refractivity contribution in [3.05, 3.63) is 82.5 Å². The van der Waals surface area contributed by atoms with Gasteiger partial charge >= 0.3 is 5.97 Å². The number of aromatic amines is 1. The number of aliphatic hydroxyl groups excluding tert-OH is 2. The number of rotatable bonds is 13. The van der Waals surface area contributed by atoms with Crippen LogP contribution in [0.4, 0.5) is 0 Å². The molecular weight excluding hydrogens is 658 g/mol. The van der Waals surface area contributed by atoms with Crippen molar-refractivity contribution in [2.24, 2.45) is 17.6 Å². The first-order chi connectivity index (χ1) is 23.6. The fraction of sp³-hybridized carbons (Fsp3) is 0.353. The lowest BCUT2D eigenvalue weighted by Gasteiger charge is -2.53. The van der Waals surface area contributed by atoms with Crippen LogP contribution in [-0.2, 0) is 20.7 Å². The molecule has 1 aliphatic heterocycles. The van der Waals surface area contributed by atoms with Crippen molar-refractivity contribution in [1.82, 2.24) is 10.3 Å². The monoisotopic (exact) mass is 695 g/mol. The number of aromatic nitrogens is 1. The Morgan fingerprint density at radius 3 is 2.42 bits per heavy atom. The number of carbonyl (C=O) groups is 3. The summed E-state index contributed by atoms with van der Waals surface area (Å²) in [6.45, 7) is 3.86. The molecule has 3 heterocycles. The molecule has 7 unspecified atom stereocenters. The molecule has 1 fully saturated rings. The number of aldehydes is 1. The van der Waals surface area contributed by atoms with E-state index in [2.05, 4.69) is 10.3 Å². The lowest BCUT2D eigenvalue weighted by Crippen LogP contribution is -2.82. The Labute approximate surface area is 283 Å². The topological polar surface area (TPSA) is 275 Å². The number of benzene rings is 2. The fourth-order valence-electron chi connectivity index (χ4n) is 5.98. The number of aliphatic hydroxyl groups is 4. The minimum absolute atomic E-state index is 0.00677. The smallest absolute Gasteiger partial charge is 0.335 e. The molecular formula is C34H37N3O13. The van der Waals surface area contributed by atoms with Gasteiger partial charge in [-0.05, 0) is 59.7 Å². The Morgan fingerprint density at radius 1 is 1.14 bits per heavy atom. The number of aromatic hydroxyl groups is 1. The summed E-state index contributed by atoms with van der Waals surface area (Å²) in [6, 6.07) is 10.7. The zero-order valence-corrected chi connectivity index (χ0v) is 26.8. The van der Waals surface area contributed by atoms with Crippen LogP contribution in [0.5, 0.6) is 11.5 Å². The Balaban J connectivity index is 1.54. The Kier molecular flexibility index (Phi) is 10.2. The lowest BCUT2D eigenvalue weighted by atomic mass is 9.73. The van der Waals surface area contributed by atoms with Crippen molar-refractivity contribution < 1.29 is 58.9 Å². The van der Waals surface area contributed by atoms with Gasteiger partial charge in [-0.3, -0.25) is 19.7 Å². The quantitative estimate of drug-likeness (QED) is 0.0669. The van der Waals surface area contributed by atoms with E-state index in [1.807, 2.05) is 19.9 Å². The molecule has 266 valence electrons. The van der Waals surface area contributed by atoms with E-state index < -0.39 is 59.0 Å². The first-order valence-electron chi connectivity index (χ1n) is 15.5. The molecule has 16 nitrogen and oxygen atoms in total. The average molecular weight is 696 g/mol. The van der Waals surface area contributed by atoms with Gasteiger partial charge in [0.25, 0.3) is 5.91 Å². The molecule has 0 saturated carbocycles. The third-order valence-corrected chi connectivity index (χ3v) is 9.01. The summed E-state index contributed by atoms with van der Waals surface area (Å²) in [5.74, 6) is -4.02. The van der Waals surface area contributed by atoms with Gasteiger partial charge in [-0.1, -0.05) is 26.0 Å². The molecule has 16 heteroatoms. The number of H-pyrrole nitrogens is 1. The number of fused-ring (bicyclic) bond motifs is 1. The summed E-state index contributed by atoms with van der Waals surface area (Å²) in [7, 11) is 0. The van der Waals surface area contributed by atoms with Gasteiger partial charge in [0.15, 0.2) is 18.0 Å². The Hall–Kier alpha value is -5.10. The van der Waals surface area contributed by atoms with Gasteiger partial charge in [-0.25, -0.2) is 4.79 Å². The van der Waals surface area contributed by atoms with Crippen molar-refractivity contribution in [2.75, 3.05) is 6.54 Å². The number of carboxylic acid groups (broad SMARTS) is 1. The third-order valence-electron chi connectivity index (χ3n) is 9.01. The summed E-state index contributed by atoms with van der Waals surface area (Å²) in [5.41, 5.74) is -1.08. The molecule has 0 radical (unpaired) electrons. The van der Waals surface area contributed by atoms with E-state index >= 15 is 0 Å². The fourth-order valence-corrected chi connectivity index (χ4v) is 5.98. The number of primary amides is 1. The second-order valence-electron chi connectivity index (χ2n) is 12.5. The van der Waals surface area contributed by atoms with Gasteiger partial charge in [0.2, 0.25) is 23.1 Å². The third kappa shape index (κ3) is 6.47. The highest BCUT2D eigenvalue weighted by molar-refractivity contribution is 5.99. The molecule has 1 saturated heterocycles. The summed E-state index contributed by atoms with van der Waals surface area (Å²) >= 11 is 0. The molecule has 1 aliphatic rings. The maximum absolute atomic E-state index is 13.5. The van der Waals surface area contributed by atoms with E-state index in [9.17, 15) is 49.8 Å². The average Bonchev–Trinajstić information content (AvgIpc) is 3.60. The van der Waals surface area contributed by atoms with Crippen LogP contribution in [0.1, 0.15) is 30.0 Å². The van der Waals surface area contributed by atoms with E-state index in [1.54, 1.807) is 12.4 Å². The summed E-state index contributed by atoms with van der Waals surface area (Å²) < 4.78 is 16.8. The largest absolute Gasteiger partial charge is 0.508 e. The van der Waals surface area contributed by atoms with E-state index in [4.69, 9.17) is 19.6 Å². The van der Waals surface area contributed by atoms with E-state index in [0.717, 1.165) is 11.6 Å². The highest BCUT2D eigenvalue weighted by Gasteiger charge is 2.71. The number of ether oxygens (including phenoxy) is 2. The van der Waals surface area contributed by atoms with Gasteiger partial charge in [-0.15, -0.1) is 0 Å². The molecule has 7 atom stereocenters. The lowest BCUT2D eigenvalue weighted by molar-refractivity contribution is -0.359. The van der Waals surface area contributed by atoms with E-state index in [1.165, 1.54) is 36.4 Å². The molecule has 4 aromatic rings. The zero-order valence-electron chi connectivity index (χ0n) is 26.8. The number of phenolic OH excluding ortho intramolecular Hbond substituents is 1. The van der Waals surface area contributed by atoms with Crippen LogP contribution >= 0.6 is 0 Å². The normalized spacial score (nSPS) is 24.9. The number of hydrogen-bond acceptors (Lipinski definition) is 13. The van der Waals surface area contributed by atoms with Crippen molar-refractivity contribution in [1.29, 1.82) is 0 Å². The number of amides is 1. The van der Waals surface area contributed by atoms with Crippen LogP contribution in [0.2, 0.25) is 0 Å². The van der Waals surface area contributed by atoms with Crippen molar-refractivity contribution in [3.63, 3.8) is 0 Å². The Morgan fingerprint density at radius 2 is 1.84 bits per heavy atom. The number of nitrogens with two attached hydrogens (primary N) is 1. The number of carbonyl (C=O) groups excluding carboxylic acids is 2. The predicted molar refractivity (Wildman–Crippen MR) is 174 cm³/mol. The molecule has 0 spiro atoms. The Bertz CT molecular complexity index is 1930. The second kappa shape index (κ2) is 14.0. The highest BCUT2D eigenvalue weighted by atomic mass is 16.7. The number of phenols is 1. The molecule has 2 aromatic carbocycles. The first-order valence-corrected chi connectivity index (χ1v) is 15.5. The number of carboxylic acids is 1. The van der Waals surface area contributed by atoms with Crippen molar-refractivity contribution in [2.45, 2.75) is 56.2 Å². The maximum Gasteiger partial charge on any atom is 0.335 e. The van der Waals surface area contributed by atoms with Gasteiger partial charge in [0, 0.05) is 25.0 Å². The van der Waals surface area contributed by atoms with Crippen molar-refractivity contribution >= 4 is 29.1 Å². The van der Waals surface area contributed by atoms with Gasteiger partial charge in [0.05, 0.1) is 10.9 Å². The number of aliphatic carboxylic acids is 1. The van der Waals surface area contributed by atoms with Crippen molar-refractivity contribution in [3.8, 4) is 22.6 Å². The first kappa shape index (κ1) is 36.2. The summed E-state index contributed by atoms with van der Waals surface area (Å²) in [5, 5.41) is 67.6. The van der Waals surface area contributed by atoms with Crippen LogP contribution in [-0.4, -0.2) is 96.3 Å². The molecule has 0 bridgehead atoms. The minimum atomic E-state index is -3.37. The van der Waals surface area contributed by atoms with Crippen LogP contribution < -0.4 is 21.2 Å². The molecule has 5 rings (SSSR count). The SMILES string of the molecule is CC(C)C(CNC(O)C1(O)C(Oc2ccc3c(=O)c(-c4ccc(O)cc4)c(C(N)=O)oc3c2)OC(C(=O)O)C(O)C1(O)C=O)Cc1cc[nH]c1. The molecule has 50 heavy (non-hydrogen) atoms. The van der Waals surface area contributed by atoms with Crippen LogP contribution in [0.15, 0.2) is 70.1 Å². The van der Waals surface area contributed by atoms with E-state index in [-0.39, 0.29) is 58.3 Å². The molecule has 0 aliphatic carbocycles. The van der Waals surface area contributed by atoms with Crippen LogP contribution in [0.25, 0.3) is 22.1 Å². The summed E-state index contributed by atoms with van der Waals surface area (Å²) in [6.07, 6.45) is -5.78. The summed E-state index contributed by atoms with van der Waals surface area (Å²) in [4.78, 5) is 53.3. The minimum Gasteiger partial charge on any atom is -0.508 e. The predicted octanol–water partition coefficient (Wildman–Crippen LogP) is 0.226. The van der Waals surface area contributed by atoms with E-state index in [0.29, 0.717) is 6.42 Å². The number of hydrogen-bond donors (Lipinski definition) is 9. The standard InChI is InChI=1S/C34H37N3O13/c1-16(2)19(11-17-9-10-36-13-17)14-37-31(45)34(47)32(50-27(30(43)44)28(41)33(34,46)15-38)48-21-7-8-22-23(12-21)49-26(29(35)42)24(25(22)40)18-3-5-20(39)6-4-18/h3-10,12-13,15-16,19,27-28,31-32,36-37,39,41,45-47H,11,14H2,1-2H3,(H2,35,42)(H,43,44). The van der Waals surface area contributed by atoms with Crippen LogP contribution in [0.3, 0.4) is 0 Å².